The molecule has 21 heavy (non-hydrogen) atoms. The average molecular weight is 274 g/mol. The lowest BCUT2D eigenvalue weighted by atomic mass is 10.1. The van der Waals surface area contributed by atoms with E-state index < -0.39 is 0 Å². The Morgan fingerprint density at radius 1 is 1.00 bits per heavy atom. The van der Waals surface area contributed by atoms with Crippen molar-refractivity contribution in [3.63, 3.8) is 0 Å². The second-order valence-electron chi connectivity index (χ2n) is 5.77. The minimum atomic E-state index is 0.622. The van der Waals surface area contributed by atoms with E-state index in [9.17, 15) is 0 Å². The predicted octanol–water partition coefficient (Wildman–Crippen LogP) is 3.88. The van der Waals surface area contributed by atoms with Crippen LogP contribution < -0.4 is 5.32 Å². The molecule has 2 atom stereocenters. The van der Waals surface area contributed by atoms with Gasteiger partial charge in [-0.05, 0) is 35.7 Å². The minimum Gasteiger partial charge on any atom is -0.309 e. The van der Waals surface area contributed by atoms with E-state index in [1.54, 1.807) is 0 Å². The van der Waals surface area contributed by atoms with E-state index >= 15 is 0 Å². The third kappa shape index (κ3) is 2.67. The average Bonchev–Trinajstić information content (AvgIpc) is 3.33. The first kappa shape index (κ1) is 12.5. The van der Waals surface area contributed by atoms with Crippen LogP contribution >= 0.6 is 0 Å². The van der Waals surface area contributed by atoms with Crippen molar-refractivity contribution in [2.45, 2.75) is 24.9 Å². The Hall–Kier alpha value is -2.19. The van der Waals surface area contributed by atoms with Gasteiger partial charge in [0.25, 0.3) is 0 Å². The molecule has 1 N–H and O–H groups in total. The van der Waals surface area contributed by atoms with Crippen LogP contribution in [0.4, 0.5) is 0 Å². The minimum absolute atomic E-state index is 0.622. The maximum atomic E-state index is 4.36. The molecule has 2 aromatic carbocycles. The summed E-state index contributed by atoms with van der Waals surface area (Å²) < 4.78 is 0. The number of nitrogens with one attached hydrogen (secondary N) is 1. The van der Waals surface area contributed by atoms with Gasteiger partial charge in [0.1, 0.15) is 0 Å². The summed E-state index contributed by atoms with van der Waals surface area (Å²) in [5.41, 5.74) is 3.85. The van der Waals surface area contributed by atoms with Crippen LogP contribution in [0.2, 0.25) is 0 Å². The van der Waals surface area contributed by atoms with Crippen LogP contribution in [0.15, 0.2) is 66.9 Å². The second-order valence-corrected chi connectivity index (χ2v) is 5.77. The van der Waals surface area contributed by atoms with Gasteiger partial charge in [-0.15, -0.1) is 0 Å². The fourth-order valence-corrected chi connectivity index (χ4v) is 2.97. The summed E-state index contributed by atoms with van der Waals surface area (Å²) >= 11 is 0. The number of nitrogens with zero attached hydrogens (tertiary/aromatic N) is 1. The van der Waals surface area contributed by atoms with E-state index in [0.29, 0.717) is 12.0 Å². The summed E-state index contributed by atoms with van der Waals surface area (Å²) in [4.78, 5) is 4.36. The number of hydrogen-bond donors (Lipinski definition) is 1. The van der Waals surface area contributed by atoms with Crippen LogP contribution in [-0.2, 0) is 6.54 Å². The van der Waals surface area contributed by atoms with E-state index in [1.165, 1.54) is 22.9 Å². The largest absolute Gasteiger partial charge is 0.309 e. The van der Waals surface area contributed by atoms with Crippen LogP contribution in [0.3, 0.4) is 0 Å². The zero-order valence-corrected chi connectivity index (χ0v) is 11.9. The highest BCUT2D eigenvalue weighted by molar-refractivity contribution is 5.78. The Labute approximate surface area is 124 Å². The number of fused-ring (bicyclic) bond motifs is 1. The SMILES string of the molecule is c1ccc(C2CC2NCc2ccc3ncccc3c2)cc1. The number of aromatic nitrogens is 1. The van der Waals surface area contributed by atoms with Gasteiger partial charge in [-0.3, -0.25) is 4.98 Å². The van der Waals surface area contributed by atoms with Crippen molar-refractivity contribution in [3.8, 4) is 0 Å². The third-order valence-electron chi connectivity index (χ3n) is 4.25. The highest BCUT2D eigenvalue weighted by Crippen LogP contribution is 2.40. The zero-order chi connectivity index (χ0) is 14.1. The van der Waals surface area contributed by atoms with Gasteiger partial charge >= 0.3 is 0 Å². The Bertz CT molecular complexity index is 752. The molecule has 1 saturated carbocycles. The Kier molecular flexibility index (Phi) is 3.17. The molecule has 0 saturated heterocycles. The molecule has 1 heterocycles. The molecular formula is C19H18N2. The molecule has 4 rings (SSSR count). The van der Waals surface area contributed by atoms with Gasteiger partial charge in [-0.1, -0.05) is 42.5 Å². The van der Waals surface area contributed by atoms with Crippen LogP contribution in [-0.4, -0.2) is 11.0 Å². The van der Waals surface area contributed by atoms with E-state index in [1.807, 2.05) is 12.3 Å². The predicted molar refractivity (Wildman–Crippen MR) is 86.2 cm³/mol. The summed E-state index contributed by atoms with van der Waals surface area (Å²) in [5, 5.41) is 4.88. The standard InChI is InChI=1S/C19H18N2/c1-2-5-15(6-3-1)17-12-19(17)21-13-14-8-9-18-16(11-14)7-4-10-20-18/h1-11,17,19,21H,12-13H2. The third-order valence-corrected chi connectivity index (χ3v) is 4.25. The van der Waals surface area contributed by atoms with Crippen molar-refractivity contribution in [1.29, 1.82) is 0 Å². The molecule has 3 aromatic rings. The summed E-state index contributed by atoms with van der Waals surface area (Å²) in [6, 6.07) is 22.0. The van der Waals surface area contributed by atoms with Gasteiger partial charge in [0, 0.05) is 30.1 Å². The zero-order valence-electron chi connectivity index (χ0n) is 11.9. The first-order valence-corrected chi connectivity index (χ1v) is 7.52. The maximum Gasteiger partial charge on any atom is 0.0702 e. The normalized spacial score (nSPS) is 20.6. The molecule has 0 aliphatic heterocycles. The van der Waals surface area contributed by atoms with Crippen molar-refractivity contribution >= 4 is 10.9 Å². The molecule has 2 nitrogen and oxygen atoms in total. The maximum absolute atomic E-state index is 4.36. The van der Waals surface area contributed by atoms with Crippen LogP contribution in [0.5, 0.6) is 0 Å². The lowest BCUT2D eigenvalue weighted by Gasteiger charge is -2.06. The monoisotopic (exact) mass is 274 g/mol. The van der Waals surface area contributed by atoms with Crippen LogP contribution in [0.25, 0.3) is 10.9 Å². The van der Waals surface area contributed by atoms with Crippen molar-refractivity contribution in [2.75, 3.05) is 0 Å². The summed E-state index contributed by atoms with van der Waals surface area (Å²) in [7, 11) is 0. The Balaban J connectivity index is 1.41. The van der Waals surface area contributed by atoms with Crippen LogP contribution in [0.1, 0.15) is 23.5 Å². The first-order valence-electron chi connectivity index (χ1n) is 7.52. The number of benzene rings is 2. The topological polar surface area (TPSA) is 24.9 Å². The molecule has 2 heteroatoms. The summed E-state index contributed by atoms with van der Waals surface area (Å²) in [5.74, 6) is 0.688. The molecule has 2 unspecified atom stereocenters. The van der Waals surface area contributed by atoms with Crippen molar-refractivity contribution in [2.24, 2.45) is 0 Å². The summed E-state index contributed by atoms with van der Waals surface area (Å²) in [6.45, 7) is 0.929. The van der Waals surface area contributed by atoms with Crippen LogP contribution in [0, 0.1) is 0 Å². The number of rotatable bonds is 4. The van der Waals surface area contributed by atoms with Crippen molar-refractivity contribution < 1.29 is 0 Å². The van der Waals surface area contributed by atoms with Gasteiger partial charge in [-0.25, -0.2) is 0 Å². The lowest BCUT2D eigenvalue weighted by Crippen LogP contribution is -2.17. The van der Waals surface area contributed by atoms with E-state index in [0.717, 1.165) is 12.1 Å². The molecule has 1 fully saturated rings. The fourth-order valence-electron chi connectivity index (χ4n) is 2.97. The van der Waals surface area contributed by atoms with E-state index in [2.05, 4.69) is 64.9 Å². The van der Waals surface area contributed by atoms with Crippen molar-refractivity contribution in [3.05, 3.63) is 78.0 Å². The highest BCUT2D eigenvalue weighted by atomic mass is 15.0. The molecule has 0 spiro atoms. The number of pyridine rings is 1. The molecule has 1 aromatic heterocycles. The Morgan fingerprint density at radius 3 is 2.81 bits per heavy atom. The Morgan fingerprint density at radius 2 is 1.90 bits per heavy atom. The number of hydrogen-bond acceptors (Lipinski definition) is 2. The quantitative estimate of drug-likeness (QED) is 0.781. The highest BCUT2D eigenvalue weighted by Gasteiger charge is 2.37. The van der Waals surface area contributed by atoms with Gasteiger partial charge < -0.3 is 5.32 Å². The lowest BCUT2D eigenvalue weighted by molar-refractivity contribution is 0.673. The fraction of sp³-hybridized carbons (Fsp3) is 0.211. The van der Waals surface area contributed by atoms with Gasteiger partial charge in [0.2, 0.25) is 0 Å². The molecular weight excluding hydrogens is 256 g/mol. The van der Waals surface area contributed by atoms with Gasteiger partial charge in [0.15, 0.2) is 0 Å². The molecule has 0 bridgehead atoms. The first-order chi connectivity index (χ1) is 10.4. The van der Waals surface area contributed by atoms with Gasteiger partial charge in [0.05, 0.1) is 5.52 Å². The second kappa shape index (κ2) is 5.30. The summed E-state index contributed by atoms with van der Waals surface area (Å²) in [6.07, 6.45) is 3.09. The molecule has 0 radical (unpaired) electrons. The van der Waals surface area contributed by atoms with E-state index in [4.69, 9.17) is 0 Å². The molecule has 1 aliphatic rings. The van der Waals surface area contributed by atoms with E-state index in [-0.39, 0.29) is 0 Å². The van der Waals surface area contributed by atoms with Gasteiger partial charge in [-0.2, -0.15) is 0 Å². The molecule has 104 valence electrons. The molecule has 0 amide bonds. The molecule has 1 aliphatic carbocycles. The van der Waals surface area contributed by atoms with Crippen molar-refractivity contribution in [1.82, 2.24) is 10.3 Å². The smallest absolute Gasteiger partial charge is 0.0702 e.